The zero-order chi connectivity index (χ0) is 11.9. The van der Waals surface area contributed by atoms with Gasteiger partial charge in [-0.05, 0) is 12.1 Å². The zero-order valence-corrected chi connectivity index (χ0v) is 10.0. The maximum Gasteiger partial charge on any atom is 0.443 e. The summed E-state index contributed by atoms with van der Waals surface area (Å²) in [5.74, 6) is 1.24. The van der Waals surface area contributed by atoms with Gasteiger partial charge in [-0.1, -0.05) is 18.2 Å². The van der Waals surface area contributed by atoms with Gasteiger partial charge in [0, 0.05) is 0 Å². The summed E-state index contributed by atoms with van der Waals surface area (Å²) in [7, 11) is -4.30. The number of rotatable bonds is 6. The highest BCUT2D eigenvalue weighted by atomic mass is 35.5. The fourth-order valence-electron chi connectivity index (χ4n) is 0.884. The van der Waals surface area contributed by atoms with Crippen LogP contribution >= 0.6 is 19.3 Å². The van der Waals surface area contributed by atoms with E-state index in [4.69, 9.17) is 16.3 Å². The van der Waals surface area contributed by atoms with Crippen LogP contribution in [0.3, 0.4) is 0 Å². The van der Waals surface area contributed by atoms with Crippen molar-refractivity contribution in [2.75, 3.05) is 12.5 Å². The van der Waals surface area contributed by atoms with Crippen LogP contribution < -0.4 is 4.52 Å². The van der Waals surface area contributed by atoms with Crippen molar-refractivity contribution >= 4 is 19.3 Å². The molecule has 1 aromatic rings. The van der Waals surface area contributed by atoms with Gasteiger partial charge in [-0.25, -0.2) is 4.57 Å². The Hall–Kier alpha value is -0.990. The zero-order valence-electron chi connectivity index (χ0n) is 8.38. The molecule has 16 heavy (non-hydrogen) atoms. The predicted octanol–water partition coefficient (Wildman–Crippen LogP) is 3.95. The lowest BCUT2D eigenvalue weighted by Crippen LogP contribution is -1.88. The van der Waals surface area contributed by atoms with Crippen LogP contribution in [-0.4, -0.2) is 12.5 Å². The fourth-order valence-corrected chi connectivity index (χ4v) is 1.67. The summed E-state index contributed by atoms with van der Waals surface area (Å²) < 4.78 is 34.0. The van der Waals surface area contributed by atoms with Crippen molar-refractivity contribution in [3.63, 3.8) is 0 Å². The van der Waals surface area contributed by atoms with Crippen molar-refractivity contribution in [1.29, 1.82) is 0 Å². The smallest absolute Gasteiger partial charge is 0.443 e. The first-order valence-corrected chi connectivity index (χ1v) is 6.65. The van der Waals surface area contributed by atoms with Gasteiger partial charge < -0.3 is 9.26 Å². The summed E-state index contributed by atoms with van der Waals surface area (Å²) in [6.45, 7) is 0.226. The number of halogens is 2. The first kappa shape index (κ1) is 13.1. The van der Waals surface area contributed by atoms with E-state index in [0.29, 0.717) is 0 Å². The van der Waals surface area contributed by atoms with Gasteiger partial charge in [0.25, 0.3) is 0 Å². The molecule has 1 aromatic carbocycles. The Morgan fingerprint density at radius 3 is 2.69 bits per heavy atom. The van der Waals surface area contributed by atoms with Crippen LogP contribution in [0.5, 0.6) is 5.75 Å². The van der Waals surface area contributed by atoms with Crippen LogP contribution in [0.4, 0.5) is 4.20 Å². The second-order valence-electron chi connectivity index (χ2n) is 2.77. The summed E-state index contributed by atoms with van der Waals surface area (Å²) >= 11 is 5.33. The number of hydrogen-bond acceptors (Lipinski definition) is 3. The highest BCUT2D eigenvalue weighted by Gasteiger charge is 2.19. The normalized spacial score (nSPS) is 14.6. The Morgan fingerprint density at radius 2 is 2.06 bits per heavy atom. The summed E-state index contributed by atoms with van der Waals surface area (Å²) in [5.41, 5.74) is 0. The highest BCUT2D eigenvalue weighted by molar-refractivity contribution is 7.57. The molecule has 0 heterocycles. The largest absolute Gasteiger partial charge is 0.500 e. The lowest BCUT2D eigenvalue weighted by atomic mass is 10.3. The first-order valence-electron chi connectivity index (χ1n) is 4.53. The van der Waals surface area contributed by atoms with E-state index in [0.717, 1.165) is 12.1 Å². The molecule has 88 valence electrons. The minimum absolute atomic E-state index is 0.204. The van der Waals surface area contributed by atoms with E-state index >= 15 is 0 Å². The molecule has 0 saturated heterocycles. The third-order valence-electron chi connectivity index (χ3n) is 1.50. The Balaban J connectivity index is 2.52. The second-order valence-corrected chi connectivity index (χ2v) is 4.67. The molecule has 0 spiro atoms. The molecule has 0 amide bonds. The van der Waals surface area contributed by atoms with E-state index in [9.17, 15) is 8.76 Å². The van der Waals surface area contributed by atoms with Gasteiger partial charge in [-0.3, -0.25) is 0 Å². The van der Waals surface area contributed by atoms with Crippen molar-refractivity contribution in [2.45, 2.75) is 0 Å². The van der Waals surface area contributed by atoms with Gasteiger partial charge >= 0.3 is 7.68 Å². The van der Waals surface area contributed by atoms with Gasteiger partial charge in [0.15, 0.2) is 0 Å². The molecule has 0 aromatic heterocycles. The topological polar surface area (TPSA) is 35.5 Å². The van der Waals surface area contributed by atoms with Crippen LogP contribution in [0.2, 0.25) is 0 Å². The third-order valence-corrected chi connectivity index (χ3v) is 2.60. The Kier molecular flexibility index (Phi) is 5.36. The van der Waals surface area contributed by atoms with Gasteiger partial charge in [-0.2, -0.15) is 0 Å². The molecule has 0 radical (unpaired) electrons. The number of benzene rings is 1. The molecule has 0 aliphatic carbocycles. The lowest BCUT2D eigenvalue weighted by molar-refractivity contribution is 0.271. The summed E-state index contributed by atoms with van der Waals surface area (Å²) in [6.07, 6.45) is 0.992. The van der Waals surface area contributed by atoms with Crippen LogP contribution in [0.25, 0.3) is 0 Å². The highest BCUT2D eigenvalue weighted by Crippen LogP contribution is 2.50. The van der Waals surface area contributed by atoms with E-state index in [-0.39, 0.29) is 18.2 Å². The number of ether oxygens (including phenoxy) is 1. The Morgan fingerprint density at radius 1 is 1.38 bits per heavy atom. The van der Waals surface area contributed by atoms with E-state index in [2.05, 4.69) is 4.52 Å². The molecule has 0 saturated carbocycles. The van der Waals surface area contributed by atoms with Gasteiger partial charge in [0.05, 0.1) is 18.0 Å². The third kappa shape index (κ3) is 5.19. The van der Waals surface area contributed by atoms with Crippen molar-refractivity contribution in [1.82, 2.24) is 0 Å². The Labute approximate surface area is 98.4 Å². The molecule has 0 bridgehead atoms. The van der Waals surface area contributed by atoms with Crippen molar-refractivity contribution < 1.29 is 18.0 Å². The van der Waals surface area contributed by atoms with Crippen molar-refractivity contribution in [2.24, 2.45) is 0 Å². The van der Waals surface area contributed by atoms with Crippen molar-refractivity contribution in [3.8, 4) is 5.75 Å². The number of para-hydroxylation sites is 1. The van der Waals surface area contributed by atoms with Crippen molar-refractivity contribution in [3.05, 3.63) is 42.4 Å². The minimum Gasteiger partial charge on any atom is -0.500 e. The minimum atomic E-state index is -4.30. The van der Waals surface area contributed by atoms with E-state index in [1.54, 1.807) is 18.2 Å². The molecular formula is C10H11ClFO3P. The molecule has 0 N–H and O–H groups in total. The van der Waals surface area contributed by atoms with Gasteiger partial charge in [0.2, 0.25) is 0 Å². The van der Waals surface area contributed by atoms with E-state index in [1.165, 1.54) is 12.1 Å². The van der Waals surface area contributed by atoms with Crippen LogP contribution in [-0.2, 0) is 9.30 Å². The molecule has 6 heteroatoms. The second kappa shape index (κ2) is 6.56. The molecule has 1 rings (SSSR count). The van der Waals surface area contributed by atoms with Gasteiger partial charge in [-0.15, -0.1) is 15.8 Å². The average molecular weight is 265 g/mol. The molecule has 0 aliphatic rings. The molecule has 0 fully saturated rings. The standard InChI is InChI=1S/C10H11ClFO3P/c11-6-7-14-8-9-16(12,13)15-10-4-2-1-3-5-10/h1-5,8-9H,6-7H2. The predicted molar refractivity (Wildman–Crippen MR) is 61.6 cm³/mol. The lowest BCUT2D eigenvalue weighted by Gasteiger charge is -2.06. The summed E-state index contributed by atoms with van der Waals surface area (Å²) in [5, 5.41) is 0. The monoisotopic (exact) mass is 264 g/mol. The van der Waals surface area contributed by atoms with E-state index < -0.39 is 7.68 Å². The fraction of sp³-hybridized carbons (Fsp3) is 0.200. The molecule has 0 aliphatic heterocycles. The van der Waals surface area contributed by atoms with E-state index in [1.807, 2.05) is 0 Å². The van der Waals surface area contributed by atoms with Crippen LogP contribution in [0, 0.1) is 0 Å². The van der Waals surface area contributed by atoms with Gasteiger partial charge in [0.1, 0.15) is 12.4 Å². The average Bonchev–Trinajstić information content (AvgIpc) is 2.25. The van der Waals surface area contributed by atoms with Crippen LogP contribution in [0.15, 0.2) is 42.4 Å². The molecular weight excluding hydrogens is 254 g/mol. The maximum absolute atomic E-state index is 13.3. The number of alkyl halides is 1. The quantitative estimate of drug-likeness (QED) is 0.338. The first-order chi connectivity index (χ1) is 7.64. The molecule has 3 nitrogen and oxygen atoms in total. The SMILES string of the molecule is O=P(F)(C=COCCCl)Oc1ccccc1. The maximum atomic E-state index is 13.3. The summed E-state index contributed by atoms with van der Waals surface area (Å²) in [6, 6.07) is 8.08. The Bertz CT molecular complexity index is 383. The van der Waals surface area contributed by atoms with Crippen LogP contribution in [0.1, 0.15) is 0 Å². The summed E-state index contributed by atoms with van der Waals surface area (Å²) in [4.78, 5) is 0. The molecule has 1 atom stereocenters. The molecule has 1 unspecified atom stereocenters. The number of hydrogen-bond donors (Lipinski definition) is 0.